The molecule has 0 spiro atoms. The van der Waals surface area contributed by atoms with Crippen molar-refractivity contribution in [1.82, 2.24) is 14.2 Å². The molecule has 2 aliphatic heterocycles. The number of likely N-dealkylation sites (tertiary alicyclic amines) is 1. The minimum absolute atomic E-state index is 0.129. The van der Waals surface area contributed by atoms with Gasteiger partial charge in [-0.1, -0.05) is 18.0 Å². The molecule has 1 amide bonds. The first-order chi connectivity index (χ1) is 14.9. The van der Waals surface area contributed by atoms with Crippen LogP contribution in [0.5, 0.6) is 5.75 Å². The Hall–Kier alpha value is -2.16. The van der Waals surface area contributed by atoms with Crippen molar-refractivity contribution in [3.05, 3.63) is 53.3 Å². The predicted octanol–water partition coefficient (Wildman–Crippen LogP) is 3.59. The summed E-state index contributed by atoms with van der Waals surface area (Å²) in [6.45, 7) is 2.20. The molecule has 166 valence electrons. The van der Waals surface area contributed by atoms with E-state index < -0.39 is 10.0 Å². The van der Waals surface area contributed by atoms with E-state index in [0.29, 0.717) is 42.5 Å². The number of amides is 1. The zero-order chi connectivity index (χ0) is 21.8. The van der Waals surface area contributed by atoms with Crippen molar-refractivity contribution in [2.45, 2.75) is 43.1 Å². The van der Waals surface area contributed by atoms with Crippen molar-refractivity contribution < 1.29 is 17.9 Å². The molecule has 1 atom stereocenters. The quantitative estimate of drug-likeness (QED) is 0.676. The minimum atomic E-state index is -3.51. The summed E-state index contributed by atoms with van der Waals surface area (Å²) in [6.07, 6.45) is 7.48. The summed E-state index contributed by atoms with van der Waals surface area (Å²) in [7, 11) is -3.51. The average molecular weight is 464 g/mol. The Labute approximate surface area is 188 Å². The molecule has 2 saturated heterocycles. The molecule has 9 heteroatoms. The second kappa shape index (κ2) is 9.54. The van der Waals surface area contributed by atoms with E-state index in [1.807, 2.05) is 0 Å². The Kier molecular flexibility index (Phi) is 6.79. The average Bonchev–Trinajstić information content (AvgIpc) is 2.81. The van der Waals surface area contributed by atoms with Crippen molar-refractivity contribution in [2.24, 2.45) is 0 Å². The van der Waals surface area contributed by atoms with Gasteiger partial charge in [0.15, 0.2) is 0 Å². The summed E-state index contributed by atoms with van der Waals surface area (Å²) in [5, 5.41) is 0.441. The van der Waals surface area contributed by atoms with Gasteiger partial charge < -0.3 is 9.64 Å². The molecule has 2 aliphatic rings. The monoisotopic (exact) mass is 463 g/mol. The van der Waals surface area contributed by atoms with Crippen LogP contribution in [0, 0.1) is 0 Å². The first-order valence-corrected chi connectivity index (χ1v) is 12.4. The molecule has 31 heavy (non-hydrogen) atoms. The number of pyridine rings is 1. The Morgan fingerprint density at radius 2 is 1.77 bits per heavy atom. The van der Waals surface area contributed by atoms with Gasteiger partial charge in [-0.25, -0.2) is 8.42 Å². The fourth-order valence-corrected chi connectivity index (χ4v) is 5.74. The molecule has 1 aromatic heterocycles. The summed E-state index contributed by atoms with van der Waals surface area (Å²) >= 11 is 6.13. The summed E-state index contributed by atoms with van der Waals surface area (Å²) in [5.41, 5.74) is 0.472. The third-order valence-electron chi connectivity index (χ3n) is 5.75. The fraction of sp³-hybridized carbons (Fsp3) is 0.455. The molecule has 0 aliphatic carbocycles. The number of piperidine rings is 2. The third-order valence-corrected chi connectivity index (χ3v) is 7.95. The number of halogens is 1. The van der Waals surface area contributed by atoms with Crippen LogP contribution in [0.25, 0.3) is 0 Å². The molecule has 0 bridgehead atoms. The van der Waals surface area contributed by atoms with Gasteiger partial charge in [0.1, 0.15) is 16.9 Å². The summed E-state index contributed by atoms with van der Waals surface area (Å²) in [6, 6.07) is 7.98. The van der Waals surface area contributed by atoms with E-state index in [2.05, 4.69) is 4.98 Å². The summed E-state index contributed by atoms with van der Waals surface area (Å²) in [4.78, 5) is 18.9. The van der Waals surface area contributed by atoms with Crippen molar-refractivity contribution in [3.8, 4) is 5.75 Å². The normalized spacial score (nSPS) is 20.4. The Morgan fingerprint density at radius 1 is 1.03 bits per heavy atom. The van der Waals surface area contributed by atoms with Crippen LogP contribution in [0.2, 0.25) is 5.02 Å². The highest BCUT2D eigenvalue weighted by Crippen LogP contribution is 2.26. The first-order valence-electron chi connectivity index (χ1n) is 10.6. The smallest absolute Gasteiger partial charge is 0.253 e. The SMILES string of the molecule is O=C(c1ccc(S(=O)(=O)N2CCCCC2)cc1)N1CCCC(Oc2ccncc2Cl)C1. The van der Waals surface area contributed by atoms with Gasteiger partial charge in [0, 0.05) is 43.7 Å². The minimum Gasteiger partial charge on any atom is -0.487 e. The lowest BCUT2D eigenvalue weighted by atomic mass is 10.1. The predicted molar refractivity (Wildman–Crippen MR) is 118 cm³/mol. The van der Waals surface area contributed by atoms with E-state index in [0.717, 1.165) is 32.1 Å². The number of hydrogen-bond acceptors (Lipinski definition) is 5. The fourth-order valence-electron chi connectivity index (χ4n) is 4.06. The number of hydrogen-bond donors (Lipinski definition) is 0. The highest BCUT2D eigenvalue weighted by atomic mass is 35.5. The van der Waals surface area contributed by atoms with Crippen molar-refractivity contribution in [2.75, 3.05) is 26.2 Å². The number of carbonyl (C=O) groups is 1. The van der Waals surface area contributed by atoms with Gasteiger partial charge in [0.05, 0.1) is 11.4 Å². The standard InChI is InChI=1S/C22H26ClN3O4S/c23-20-15-24-11-10-21(20)30-18-5-4-12-25(16-18)22(27)17-6-8-19(9-7-17)31(28,29)26-13-2-1-3-14-26/h6-11,15,18H,1-5,12-14,16H2. The molecule has 2 fully saturated rings. The van der Waals surface area contributed by atoms with Gasteiger partial charge in [0.2, 0.25) is 10.0 Å². The van der Waals surface area contributed by atoms with Gasteiger partial charge >= 0.3 is 0 Å². The number of carbonyl (C=O) groups excluding carboxylic acids is 1. The van der Waals surface area contributed by atoms with E-state index in [-0.39, 0.29) is 16.9 Å². The lowest BCUT2D eigenvalue weighted by Gasteiger charge is -2.33. The summed E-state index contributed by atoms with van der Waals surface area (Å²) in [5.74, 6) is 0.430. The van der Waals surface area contributed by atoms with Crippen LogP contribution in [-0.4, -0.2) is 60.8 Å². The molecule has 7 nitrogen and oxygen atoms in total. The topological polar surface area (TPSA) is 79.8 Å². The first kappa shape index (κ1) is 22.0. The van der Waals surface area contributed by atoms with Crippen LogP contribution >= 0.6 is 11.6 Å². The van der Waals surface area contributed by atoms with Crippen LogP contribution in [0.4, 0.5) is 0 Å². The van der Waals surface area contributed by atoms with Crippen LogP contribution < -0.4 is 4.74 Å². The highest BCUT2D eigenvalue weighted by Gasteiger charge is 2.28. The van der Waals surface area contributed by atoms with Crippen molar-refractivity contribution >= 4 is 27.5 Å². The highest BCUT2D eigenvalue weighted by molar-refractivity contribution is 7.89. The van der Waals surface area contributed by atoms with Crippen LogP contribution in [0.1, 0.15) is 42.5 Å². The lowest BCUT2D eigenvalue weighted by Crippen LogP contribution is -2.44. The van der Waals surface area contributed by atoms with Gasteiger partial charge in [-0.3, -0.25) is 9.78 Å². The maximum atomic E-state index is 13.0. The number of ether oxygens (including phenoxy) is 1. The van der Waals surface area contributed by atoms with Crippen LogP contribution in [0.3, 0.4) is 0 Å². The number of aromatic nitrogens is 1. The maximum Gasteiger partial charge on any atom is 0.253 e. The molecule has 0 N–H and O–H groups in total. The molecule has 4 rings (SSSR count). The number of rotatable bonds is 5. The van der Waals surface area contributed by atoms with Crippen LogP contribution in [0.15, 0.2) is 47.6 Å². The zero-order valence-corrected chi connectivity index (χ0v) is 18.8. The Balaban J connectivity index is 1.42. The molecule has 1 unspecified atom stereocenters. The van der Waals surface area contributed by atoms with E-state index in [1.54, 1.807) is 29.3 Å². The molecule has 2 aromatic rings. The summed E-state index contributed by atoms with van der Waals surface area (Å²) < 4.78 is 33.1. The number of nitrogens with zero attached hydrogens (tertiary/aromatic N) is 3. The van der Waals surface area contributed by atoms with Crippen molar-refractivity contribution in [1.29, 1.82) is 0 Å². The van der Waals surface area contributed by atoms with Gasteiger partial charge in [-0.05, 0) is 49.9 Å². The van der Waals surface area contributed by atoms with E-state index in [9.17, 15) is 13.2 Å². The molecule has 0 radical (unpaired) electrons. The molecule has 1 aromatic carbocycles. The van der Waals surface area contributed by atoms with Gasteiger partial charge in [-0.2, -0.15) is 4.31 Å². The van der Waals surface area contributed by atoms with Gasteiger partial charge in [-0.15, -0.1) is 0 Å². The van der Waals surface area contributed by atoms with Gasteiger partial charge in [0.25, 0.3) is 5.91 Å². The van der Waals surface area contributed by atoms with Crippen molar-refractivity contribution in [3.63, 3.8) is 0 Å². The Bertz CT molecular complexity index is 1020. The second-order valence-corrected chi connectivity index (χ2v) is 10.3. The molecular weight excluding hydrogens is 438 g/mol. The second-order valence-electron chi connectivity index (χ2n) is 7.93. The number of benzene rings is 1. The lowest BCUT2D eigenvalue weighted by molar-refractivity contribution is 0.0538. The van der Waals surface area contributed by atoms with E-state index in [4.69, 9.17) is 16.3 Å². The van der Waals surface area contributed by atoms with E-state index >= 15 is 0 Å². The molecular formula is C22H26ClN3O4S. The number of sulfonamides is 1. The third kappa shape index (κ3) is 5.02. The Morgan fingerprint density at radius 3 is 2.48 bits per heavy atom. The van der Waals surface area contributed by atoms with E-state index in [1.165, 1.54) is 22.6 Å². The van der Waals surface area contributed by atoms with Crippen LogP contribution in [-0.2, 0) is 10.0 Å². The molecule has 3 heterocycles. The zero-order valence-electron chi connectivity index (χ0n) is 17.2. The largest absolute Gasteiger partial charge is 0.487 e. The molecule has 0 saturated carbocycles. The maximum absolute atomic E-state index is 13.0.